The van der Waals surface area contributed by atoms with Gasteiger partial charge < -0.3 is 4.74 Å². The van der Waals surface area contributed by atoms with Crippen LogP contribution < -0.4 is 0 Å². The summed E-state index contributed by atoms with van der Waals surface area (Å²) in [5.41, 5.74) is 1.11. The Bertz CT molecular complexity index is 256. The third-order valence-electron chi connectivity index (χ3n) is 1.91. The van der Waals surface area contributed by atoms with Gasteiger partial charge in [-0.25, -0.2) is 4.89 Å². The molecule has 1 aromatic carbocycles. The molecular formula is C10H12O4. The van der Waals surface area contributed by atoms with Gasteiger partial charge in [0.05, 0.1) is 13.2 Å². The van der Waals surface area contributed by atoms with Gasteiger partial charge in [-0.05, 0) is 5.56 Å². The summed E-state index contributed by atoms with van der Waals surface area (Å²) in [6.07, 6.45) is 0.358. The number of hydrogen-bond acceptors (Lipinski definition) is 4. The molecule has 0 amide bonds. The molecule has 0 N–H and O–H groups in total. The average Bonchev–Trinajstić information content (AvgIpc) is 2.29. The van der Waals surface area contributed by atoms with Gasteiger partial charge in [-0.1, -0.05) is 35.4 Å². The summed E-state index contributed by atoms with van der Waals surface area (Å²) in [6.45, 7) is 1.02. The second-order valence-electron chi connectivity index (χ2n) is 3.00. The van der Waals surface area contributed by atoms with E-state index in [0.717, 1.165) is 5.56 Å². The summed E-state index contributed by atoms with van der Waals surface area (Å²) in [4.78, 5) is 9.30. The van der Waals surface area contributed by atoms with Crippen LogP contribution in [0.1, 0.15) is 12.0 Å². The first kappa shape index (κ1) is 9.61. The van der Waals surface area contributed by atoms with Crippen LogP contribution >= 0.6 is 0 Å². The Morgan fingerprint density at radius 1 is 1.29 bits per heavy atom. The predicted octanol–water partition coefficient (Wildman–Crippen LogP) is 1.81. The maximum Gasteiger partial charge on any atom is 0.197 e. The van der Waals surface area contributed by atoms with Crippen LogP contribution in [0.5, 0.6) is 0 Å². The van der Waals surface area contributed by atoms with Crippen LogP contribution in [0.4, 0.5) is 0 Å². The molecule has 0 spiro atoms. The van der Waals surface area contributed by atoms with E-state index in [1.807, 2.05) is 30.3 Å². The number of hydrogen-bond donors (Lipinski definition) is 0. The Kier molecular flexibility index (Phi) is 3.48. The third kappa shape index (κ3) is 2.78. The average molecular weight is 196 g/mol. The minimum absolute atomic E-state index is 0.330. The molecule has 76 valence electrons. The molecule has 1 heterocycles. The van der Waals surface area contributed by atoms with Crippen LogP contribution in [-0.4, -0.2) is 12.9 Å². The molecule has 4 heteroatoms. The van der Waals surface area contributed by atoms with Crippen molar-refractivity contribution >= 4 is 0 Å². The molecule has 0 bridgehead atoms. The van der Waals surface area contributed by atoms with Crippen molar-refractivity contribution < 1.29 is 19.6 Å². The predicted molar refractivity (Wildman–Crippen MR) is 47.8 cm³/mol. The van der Waals surface area contributed by atoms with Gasteiger partial charge >= 0.3 is 0 Å². The summed E-state index contributed by atoms with van der Waals surface area (Å²) in [5, 5.41) is 4.35. The van der Waals surface area contributed by atoms with Crippen molar-refractivity contribution in [3.63, 3.8) is 0 Å². The highest BCUT2D eigenvalue weighted by molar-refractivity contribution is 5.13. The monoisotopic (exact) mass is 196 g/mol. The first-order valence-electron chi connectivity index (χ1n) is 4.55. The van der Waals surface area contributed by atoms with Gasteiger partial charge in [-0.2, -0.15) is 4.89 Å². The zero-order valence-electron chi connectivity index (χ0n) is 7.72. The number of rotatable bonds is 3. The topological polar surface area (TPSA) is 36.9 Å². The molecule has 14 heavy (non-hydrogen) atoms. The first-order valence-corrected chi connectivity index (χ1v) is 4.55. The molecule has 0 aromatic heterocycles. The molecule has 0 aliphatic carbocycles. The van der Waals surface area contributed by atoms with Crippen molar-refractivity contribution in [2.75, 3.05) is 6.61 Å². The van der Waals surface area contributed by atoms with E-state index in [1.54, 1.807) is 0 Å². The lowest BCUT2D eigenvalue weighted by Gasteiger charge is -2.19. The number of benzene rings is 1. The lowest BCUT2D eigenvalue weighted by Crippen LogP contribution is -2.24. The van der Waals surface area contributed by atoms with Gasteiger partial charge in [0.1, 0.15) is 0 Å². The van der Waals surface area contributed by atoms with Crippen molar-refractivity contribution in [2.45, 2.75) is 19.3 Å². The zero-order valence-corrected chi connectivity index (χ0v) is 7.72. The second-order valence-corrected chi connectivity index (χ2v) is 3.00. The fraction of sp³-hybridized carbons (Fsp3) is 0.400. The number of ether oxygens (including phenoxy) is 1. The summed E-state index contributed by atoms with van der Waals surface area (Å²) < 4.78 is 5.44. The fourth-order valence-electron chi connectivity index (χ4n) is 1.17. The SMILES string of the molecule is c1ccc(COC2CCOOO2)cc1. The molecule has 1 aliphatic heterocycles. The summed E-state index contributed by atoms with van der Waals surface area (Å²) in [6, 6.07) is 9.91. The summed E-state index contributed by atoms with van der Waals surface area (Å²) >= 11 is 0. The largest absolute Gasteiger partial charge is 0.345 e. The summed E-state index contributed by atoms with van der Waals surface area (Å²) in [7, 11) is 0. The quantitative estimate of drug-likeness (QED) is 0.691. The molecule has 0 saturated carbocycles. The Morgan fingerprint density at radius 2 is 2.14 bits per heavy atom. The van der Waals surface area contributed by atoms with Gasteiger partial charge in [0.2, 0.25) is 0 Å². The van der Waals surface area contributed by atoms with Gasteiger partial charge in [0.15, 0.2) is 6.29 Å². The van der Waals surface area contributed by atoms with E-state index in [4.69, 9.17) is 9.62 Å². The van der Waals surface area contributed by atoms with Gasteiger partial charge in [-0.3, -0.25) is 0 Å². The molecule has 1 atom stereocenters. The van der Waals surface area contributed by atoms with Crippen LogP contribution in [0.15, 0.2) is 30.3 Å². The van der Waals surface area contributed by atoms with E-state index in [2.05, 4.69) is 9.93 Å². The molecule has 1 fully saturated rings. The van der Waals surface area contributed by atoms with Crippen LogP contribution in [-0.2, 0) is 26.2 Å². The van der Waals surface area contributed by atoms with E-state index in [0.29, 0.717) is 19.6 Å². The normalized spacial score (nSPS) is 22.1. The highest BCUT2D eigenvalue weighted by atomic mass is 17.5. The van der Waals surface area contributed by atoms with Crippen molar-refractivity contribution in [3.8, 4) is 0 Å². The van der Waals surface area contributed by atoms with Crippen molar-refractivity contribution in [1.82, 2.24) is 0 Å². The maximum absolute atomic E-state index is 5.44. The Balaban J connectivity index is 1.76. The minimum atomic E-state index is -0.330. The smallest absolute Gasteiger partial charge is 0.197 e. The van der Waals surface area contributed by atoms with Crippen LogP contribution in [0, 0.1) is 0 Å². The Labute approximate surface area is 82.2 Å². The third-order valence-corrected chi connectivity index (χ3v) is 1.91. The lowest BCUT2D eigenvalue weighted by molar-refractivity contribution is -0.572. The van der Waals surface area contributed by atoms with E-state index in [-0.39, 0.29) is 6.29 Å². The first-order chi connectivity index (χ1) is 6.95. The van der Waals surface area contributed by atoms with E-state index in [1.165, 1.54) is 0 Å². The molecular weight excluding hydrogens is 184 g/mol. The molecule has 2 rings (SSSR count). The molecule has 1 aliphatic rings. The van der Waals surface area contributed by atoms with Crippen LogP contribution in [0.2, 0.25) is 0 Å². The summed E-state index contributed by atoms with van der Waals surface area (Å²) in [5.74, 6) is 0. The molecule has 1 aromatic rings. The van der Waals surface area contributed by atoms with Crippen molar-refractivity contribution in [2.24, 2.45) is 0 Å². The maximum atomic E-state index is 5.44. The molecule has 1 unspecified atom stereocenters. The van der Waals surface area contributed by atoms with Crippen molar-refractivity contribution in [3.05, 3.63) is 35.9 Å². The van der Waals surface area contributed by atoms with Gasteiger partial charge in [-0.15, -0.1) is 0 Å². The van der Waals surface area contributed by atoms with E-state index < -0.39 is 0 Å². The molecule has 1 saturated heterocycles. The van der Waals surface area contributed by atoms with Gasteiger partial charge in [0, 0.05) is 6.42 Å². The Morgan fingerprint density at radius 3 is 2.86 bits per heavy atom. The Hall–Kier alpha value is -0.940. The standard InChI is InChI=1S/C10H12O4/c1-2-4-9(5-3-1)8-11-10-6-7-12-14-13-10/h1-5,10H,6-8H2. The highest BCUT2D eigenvalue weighted by Crippen LogP contribution is 2.11. The zero-order chi connectivity index (χ0) is 9.64. The lowest BCUT2D eigenvalue weighted by atomic mass is 10.2. The van der Waals surface area contributed by atoms with E-state index in [9.17, 15) is 0 Å². The van der Waals surface area contributed by atoms with Crippen LogP contribution in [0.25, 0.3) is 0 Å². The highest BCUT2D eigenvalue weighted by Gasteiger charge is 2.16. The second kappa shape index (κ2) is 5.07. The molecule has 4 nitrogen and oxygen atoms in total. The van der Waals surface area contributed by atoms with E-state index >= 15 is 0 Å². The minimum Gasteiger partial charge on any atom is -0.345 e. The van der Waals surface area contributed by atoms with Crippen LogP contribution in [0.3, 0.4) is 0 Å². The molecule has 0 radical (unpaired) electrons. The van der Waals surface area contributed by atoms with Crippen molar-refractivity contribution in [1.29, 1.82) is 0 Å². The van der Waals surface area contributed by atoms with Gasteiger partial charge in [0.25, 0.3) is 0 Å². The fourth-order valence-corrected chi connectivity index (χ4v) is 1.17.